The first-order chi connectivity index (χ1) is 18.4. The minimum Gasteiger partial charge on any atom is -0.476 e. The van der Waals surface area contributed by atoms with Crippen LogP contribution in [0.5, 0.6) is 5.75 Å². The van der Waals surface area contributed by atoms with Crippen molar-refractivity contribution in [3.05, 3.63) is 111 Å². The molecule has 7 nitrogen and oxygen atoms in total. The van der Waals surface area contributed by atoms with Crippen LogP contribution in [-0.4, -0.2) is 22.8 Å². The number of benzene rings is 3. The Bertz CT molecular complexity index is 1480. The number of aryl methyl sites for hydroxylation is 1. The molecule has 1 atom stereocenters. The Balaban J connectivity index is 1.75. The zero-order valence-corrected chi connectivity index (χ0v) is 22.1. The maximum absolute atomic E-state index is 14.0. The van der Waals surface area contributed by atoms with Gasteiger partial charge in [0.15, 0.2) is 0 Å². The van der Waals surface area contributed by atoms with Crippen molar-refractivity contribution in [2.75, 3.05) is 7.05 Å². The molecule has 4 aromatic rings. The quantitative estimate of drug-likeness (QED) is 0.301. The van der Waals surface area contributed by atoms with Crippen LogP contribution in [0.25, 0.3) is 16.8 Å². The molecule has 4 rings (SSSR count). The Morgan fingerprint density at radius 1 is 1.08 bits per heavy atom. The molecule has 38 heavy (non-hydrogen) atoms. The molecule has 3 aromatic carbocycles. The van der Waals surface area contributed by atoms with E-state index in [4.69, 9.17) is 15.5 Å². The number of rotatable bonds is 10. The van der Waals surface area contributed by atoms with E-state index in [2.05, 4.69) is 18.3 Å². The lowest BCUT2D eigenvalue weighted by atomic mass is 9.97. The van der Waals surface area contributed by atoms with Gasteiger partial charge < -0.3 is 10.1 Å². The van der Waals surface area contributed by atoms with Crippen LogP contribution < -0.4 is 21.3 Å². The smallest absolute Gasteiger partial charge is 0.261 e. The minimum atomic E-state index is -0.426. The van der Waals surface area contributed by atoms with Gasteiger partial charge in [-0.15, -0.1) is 0 Å². The molecule has 0 aliphatic rings. The second-order valence-electron chi connectivity index (χ2n) is 9.22. The van der Waals surface area contributed by atoms with Gasteiger partial charge in [-0.3, -0.25) is 15.1 Å². The lowest BCUT2D eigenvalue weighted by Gasteiger charge is -2.18. The monoisotopic (exact) mass is 507 g/mol. The van der Waals surface area contributed by atoms with E-state index in [0.29, 0.717) is 35.7 Å². The zero-order valence-electron chi connectivity index (χ0n) is 22.1. The highest BCUT2D eigenvalue weighted by Gasteiger charge is 2.18. The molecule has 0 saturated carbocycles. The van der Waals surface area contributed by atoms with Crippen LogP contribution in [0.4, 0.5) is 0 Å². The van der Waals surface area contributed by atoms with Crippen molar-refractivity contribution in [3.63, 3.8) is 0 Å². The largest absolute Gasteiger partial charge is 0.476 e. The van der Waals surface area contributed by atoms with Gasteiger partial charge in [0.25, 0.3) is 5.56 Å². The zero-order chi connectivity index (χ0) is 27.1. The molecule has 0 spiro atoms. The van der Waals surface area contributed by atoms with E-state index in [9.17, 15) is 10.1 Å². The number of nitrogens with one attached hydrogen (secondary N) is 1. The van der Waals surface area contributed by atoms with Crippen LogP contribution in [0, 0.1) is 11.3 Å². The maximum Gasteiger partial charge on any atom is 0.261 e. The van der Waals surface area contributed by atoms with Crippen LogP contribution >= 0.6 is 0 Å². The van der Waals surface area contributed by atoms with Crippen molar-refractivity contribution in [1.29, 1.82) is 5.26 Å². The van der Waals surface area contributed by atoms with Gasteiger partial charge in [-0.25, -0.2) is 4.98 Å². The van der Waals surface area contributed by atoms with Crippen molar-refractivity contribution in [1.82, 2.24) is 14.9 Å². The number of nitriles is 1. The lowest BCUT2D eigenvalue weighted by Crippen LogP contribution is -2.31. The van der Waals surface area contributed by atoms with Crippen molar-refractivity contribution in [2.24, 2.45) is 5.73 Å². The molecular formula is C31H33N5O2. The van der Waals surface area contributed by atoms with Crippen LogP contribution in [0.15, 0.2) is 77.6 Å². The third-order valence-corrected chi connectivity index (χ3v) is 6.26. The summed E-state index contributed by atoms with van der Waals surface area (Å²) < 4.78 is 7.25. The average Bonchev–Trinajstić information content (AvgIpc) is 2.92. The van der Waals surface area contributed by atoms with Gasteiger partial charge in [0.2, 0.25) is 0 Å². The summed E-state index contributed by atoms with van der Waals surface area (Å²) >= 11 is 0. The van der Waals surface area contributed by atoms with Crippen molar-refractivity contribution in [3.8, 4) is 28.6 Å². The number of hydrogen-bond donors (Lipinski definition) is 2. The second kappa shape index (κ2) is 12.3. The molecule has 7 heteroatoms. The fourth-order valence-electron chi connectivity index (χ4n) is 4.54. The van der Waals surface area contributed by atoms with E-state index >= 15 is 0 Å². The highest BCUT2D eigenvalue weighted by Crippen LogP contribution is 2.25. The van der Waals surface area contributed by atoms with Crippen LogP contribution in [0.1, 0.15) is 48.5 Å². The summed E-state index contributed by atoms with van der Waals surface area (Å²) in [4.78, 5) is 19.0. The topological polar surface area (TPSA) is 106 Å². The number of aromatic nitrogens is 2. The summed E-state index contributed by atoms with van der Waals surface area (Å²) in [7, 11) is 1.84. The number of ether oxygens (including phenoxy) is 1. The predicted molar refractivity (Wildman–Crippen MR) is 150 cm³/mol. The van der Waals surface area contributed by atoms with Gasteiger partial charge in [-0.2, -0.15) is 5.26 Å². The van der Waals surface area contributed by atoms with Gasteiger partial charge in [0.1, 0.15) is 17.8 Å². The van der Waals surface area contributed by atoms with Gasteiger partial charge in [-0.1, -0.05) is 55.8 Å². The first-order valence-electron chi connectivity index (χ1n) is 12.8. The Labute approximate surface area is 223 Å². The maximum atomic E-state index is 14.0. The summed E-state index contributed by atoms with van der Waals surface area (Å²) in [6, 6.07) is 25.2. The molecule has 0 aliphatic carbocycles. The number of hydrogen-bond acceptors (Lipinski definition) is 6. The van der Waals surface area contributed by atoms with Gasteiger partial charge in [-0.05, 0) is 67.4 Å². The average molecular weight is 508 g/mol. The van der Waals surface area contributed by atoms with Crippen LogP contribution in [-0.2, 0) is 19.4 Å². The molecular weight excluding hydrogens is 474 g/mol. The van der Waals surface area contributed by atoms with Gasteiger partial charge in [0, 0.05) is 12.0 Å². The van der Waals surface area contributed by atoms with E-state index in [0.717, 1.165) is 40.9 Å². The van der Waals surface area contributed by atoms with Crippen molar-refractivity contribution in [2.45, 2.75) is 45.9 Å². The summed E-state index contributed by atoms with van der Waals surface area (Å²) in [5.41, 5.74) is 11.4. The molecule has 0 bridgehead atoms. The van der Waals surface area contributed by atoms with Crippen molar-refractivity contribution < 1.29 is 4.74 Å². The molecule has 0 aliphatic heterocycles. The highest BCUT2D eigenvalue weighted by molar-refractivity contribution is 5.70. The van der Waals surface area contributed by atoms with Gasteiger partial charge >= 0.3 is 0 Å². The van der Waals surface area contributed by atoms with Crippen LogP contribution in [0.2, 0.25) is 0 Å². The third-order valence-electron chi connectivity index (χ3n) is 6.26. The van der Waals surface area contributed by atoms with Crippen LogP contribution in [0.3, 0.4) is 0 Å². The Kier molecular flexibility index (Phi) is 8.70. The number of nitrogens with two attached hydrogens (primary N) is 1. The molecule has 1 unspecified atom stereocenters. The third kappa shape index (κ3) is 6.00. The Hall–Kier alpha value is -4.25. The molecule has 0 radical (unpaired) electrons. The fraction of sp³-hybridized carbons (Fsp3) is 0.258. The van der Waals surface area contributed by atoms with E-state index in [1.165, 1.54) is 0 Å². The lowest BCUT2D eigenvalue weighted by molar-refractivity contribution is 0.230. The van der Waals surface area contributed by atoms with Crippen molar-refractivity contribution >= 4 is 0 Å². The summed E-state index contributed by atoms with van der Waals surface area (Å²) in [5, 5.41) is 12.6. The van der Waals surface area contributed by atoms with E-state index in [1.807, 2.05) is 79.8 Å². The van der Waals surface area contributed by atoms with E-state index in [-0.39, 0.29) is 5.56 Å². The molecule has 1 heterocycles. The highest BCUT2D eigenvalue weighted by atomic mass is 16.5. The first kappa shape index (κ1) is 26.8. The number of nitrogens with zero attached hydrogens (tertiary/aromatic N) is 3. The molecule has 0 saturated heterocycles. The van der Waals surface area contributed by atoms with E-state index in [1.54, 1.807) is 11.5 Å². The van der Waals surface area contributed by atoms with E-state index < -0.39 is 6.23 Å². The summed E-state index contributed by atoms with van der Waals surface area (Å²) in [6.45, 7) is 4.31. The minimum absolute atomic E-state index is 0.0755. The Morgan fingerprint density at radius 3 is 2.42 bits per heavy atom. The predicted octanol–water partition coefficient (Wildman–Crippen LogP) is 4.72. The molecule has 1 aromatic heterocycles. The fourth-order valence-corrected chi connectivity index (χ4v) is 4.54. The second-order valence-corrected chi connectivity index (χ2v) is 9.22. The first-order valence-corrected chi connectivity index (χ1v) is 12.8. The molecule has 0 amide bonds. The standard InChI is InChI=1S/C31H33N5O2/c1-4-7-29-28(18-22-10-12-23(13-11-22)27-9-6-5-8-24(27)19-32)31(37)36(30(35-29)20-34-3)25-14-16-26(17-15-25)38-21(2)33/h5-6,8-17,21,34H,4,7,18,20,33H2,1-3H3. The molecule has 3 N–H and O–H groups in total. The SMILES string of the molecule is CCCc1nc(CNC)n(-c2ccc(OC(C)N)cc2)c(=O)c1Cc1ccc(-c2ccccc2C#N)cc1. The summed E-state index contributed by atoms with van der Waals surface area (Å²) in [5.74, 6) is 1.30. The van der Waals surface area contributed by atoms with Gasteiger partial charge in [0.05, 0.1) is 29.6 Å². The normalized spacial score (nSPS) is 11.7. The summed E-state index contributed by atoms with van der Waals surface area (Å²) in [6.07, 6.45) is 1.64. The Morgan fingerprint density at radius 2 is 1.79 bits per heavy atom. The molecule has 194 valence electrons. The molecule has 0 fully saturated rings.